The van der Waals surface area contributed by atoms with Crippen LogP contribution >= 0.6 is 11.6 Å². The van der Waals surface area contributed by atoms with Gasteiger partial charge in [-0.1, -0.05) is 11.6 Å². The molecule has 14 heavy (non-hydrogen) atoms. The first kappa shape index (κ1) is 11.4. The van der Waals surface area contributed by atoms with Crippen molar-refractivity contribution in [2.24, 2.45) is 0 Å². The van der Waals surface area contributed by atoms with E-state index < -0.39 is 16.2 Å². The molecule has 0 saturated carbocycles. The summed E-state index contributed by atoms with van der Waals surface area (Å²) < 4.78 is 27.8. The lowest BCUT2D eigenvalue weighted by Gasteiger charge is -2.08. The van der Waals surface area contributed by atoms with E-state index in [0.717, 1.165) is 0 Å². The van der Waals surface area contributed by atoms with Crippen molar-refractivity contribution < 1.29 is 12.6 Å². The van der Waals surface area contributed by atoms with Crippen molar-refractivity contribution in [3.05, 3.63) is 23.5 Å². The molecule has 1 aromatic heterocycles. The third-order valence-corrected chi connectivity index (χ3v) is 3.27. The maximum atomic E-state index is 11.5. The second-order valence-corrected chi connectivity index (χ2v) is 4.85. The first-order valence-electron chi connectivity index (χ1n) is 3.96. The minimum Gasteiger partial charge on any atom is -0.264 e. The topological polar surface area (TPSA) is 56.3 Å². The summed E-state index contributed by atoms with van der Waals surface area (Å²) in [5.74, 6) is 0. The smallest absolute Gasteiger partial charge is 0.264 e. The van der Waals surface area contributed by atoms with Gasteiger partial charge in [0, 0.05) is 12.4 Å². The third-order valence-electron chi connectivity index (χ3n) is 1.32. The summed E-state index contributed by atoms with van der Waals surface area (Å²) in [6.45, 7) is 3.25. The van der Waals surface area contributed by atoms with Gasteiger partial charge in [-0.05, 0) is 19.9 Å². The minimum atomic E-state index is -3.78. The van der Waals surface area contributed by atoms with Crippen LogP contribution in [0.5, 0.6) is 0 Å². The summed E-state index contributed by atoms with van der Waals surface area (Å²) in [5.41, 5.74) is 0. The van der Waals surface area contributed by atoms with E-state index in [1.807, 2.05) is 0 Å². The monoisotopic (exact) mass is 235 g/mol. The standard InChI is InChI=1S/C8H10ClNO3S/c1-6(2)13-14(11,12)8-5-10-4-3-7(8)9/h3-6H,1-2H3. The van der Waals surface area contributed by atoms with E-state index in [9.17, 15) is 8.42 Å². The van der Waals surface area contributed by atoms with Gasteiger partial charge >= 0.3 is 0 Å². The number of hydrogen-bond acceptors (Lipinski definition) is 4. The molecule has 0 fully saturated rings. The predicted molar refractivity (Wildman–Crippen MR) is 52.7 cm³/mol. The fraction of sp³-hybridized carbons (Fsp3) is 0.375. The number of halogens is 1. The van der Waals surface area contributed by atoms with Gasteiger partial charge in [0.2, 0.25) is 0 Å². The summed E-state index contributed by atoms with van der Waals surface area (Å²) in [4.78, 5) is 3.57. The van der Waals surface area contributed by atoms with Crippen LogP contribution in [0.1, 0.15) is 13.8 Å². The molecular weight excluding hydrogens is 226 g/mol. The van der Waals surface area contributed by atoms with Crippen LogP contribution in [0.3, 0.4) is 0 Å². The normalized spacial score (nSPS) is 12.0. The average molecular weight is 236 g/mol. The van der Waals surface area contributed by atoms with Gasteiger partial charge in [-0.25, -0.2) is 0 Å². The molecule has 0 radical (unpaired) electrons. The zero-order valence-corrected chi connectivity index (χ0v) is 9.34. The van der Waals surface area contributed by atoms with E-state index in [0.29, 0.717) is 0 Å². The summed E-state index contributed by atoms with van der Waals surface area (Å²) in [7, 11) is -3.78. The highest BCUT2D eigenvalue weighted by atomic mass is 35.5. The predicted octanol–water partition coefficient (Wildman–Crippen LogP) is 1.85. The van der Waals surface area contributed by atoms with Gasteiger partial charge in [-0.3, -0.25) is 9.17 Å². The molecule has 0 saturated heterocycles. The fourth-order valence-electron chi connectivity index (χ4n) is 0.852. The van der Waals surface area contributed by atoms with Crippen molar-refractivity contribution >= 4 is 21.7 Å². The van der Waals surface area contributed by atoms with Crippen molar-refractivity contribution in [1.82, 2.24) is 4.98 Å². The first-order chi connectivity index (χ1) is 6.43. The van der Waals surface area contributed by atoms with Crippen LogP contribution in [0, 0.1) is 0 Å². The van der Waals surface area contributed by atoms with Crippen LogP contribution < -0.4 is 0 Å². The third kappa shape index (κ3) is 2.67. The molecule has 6 heteroatoms. The second-order valence-electron chi connectivity index (χ2n) is 2.91. The lowest BCUT2D eigenvalue weighted by molar-refractivity contribution is 0.249. The van der Waals surface area contributed by atoms with Crippen molar-refractivity contribution in [2.75, 3.05) is 0 Å². The van der Waals surface area contributed by atoms with Crippen molar-refractivity contribution in [2.45, 2.75) is 24.8 Å². The Morgan fingerprint density at radius 3 is 2.64 bits per heavy atom. The van der Waals surface area contributed by atoms with Crippen molar-refractivity contribution in [1.29, 1.82) is 0 Å². The quantitative estimate of drug-likeness (QED) is 0.751. The Morgan fingerprint density at radius 1 is 1.50 bits per heavy atom. The van der Waals surface area contributed by atoms with Crippen LogP contribution in [0.4, 0.5) is 0 Å². The molecule has 78 valence electrons. The van der Waals surface area contributed by atoms with Gasteiger partial charge in [-0.2, -0.15) is 8.42 Å². The van der Waals surface area contributed by atoms with Gasteiger partial charge in [-0.15, -0.1) is 0 Å². The van der Waals surface area contributed by atoms with Gasteiger partial charge in [0.25, 0.3) is 10.1 Å². The van der Waals surface area contributed by atoms with Crippen molar-refractivity contribution in [3.8, 4) is 0 Å². The van der Waals surface area contributed by atoms with E-state index in [-0.39, 0.29) is 9.92 Å². The van der Waals surface area contributed by atoms with E-state index in [4.69, 9.17) is 15.8 Å². The number of aromatic nitrogens is 1. The SMILES string of the molecule is CC(C)OS(=O)(=O)c1cnccc1Cl. The van der Waals surface area contributed by atoms with Crippen LogP contribution in [0.2, 0.25) is 5.02 Å². The number of nitrogens with zero attached hydrogens (tertiary/aromatic N) is 1. The average Bonchev–Trinajstić information content (AvgIpc) is 2.02. The summed E-state index contributed by atoms with van der Waals surface area (Å²) >= 11 is 5.69. The van der Waals surface area contributed by atoms with Crippen LogP contribution in [0.25, 0.3) is 0 Å². The van der Waals surface area contributed by atoms with Gasteiger partial charge < -0.3 is 0 Å². The zero-order valence-electron chi connectivity index (χ0n) is 7.77. The summed E-state index contributed by atoms with van der Waals surface area (Å²) in [6.07, 6.45) is 2.16. The Balaban J connectivity index is 3.11. The number of pyridine rings is 1. The molecular formula is C8H10ClNO3S. The lowest BCUT2D eigenvalue weighted by atomic mass is 10.5. The Labute approximate surface area is 88.0 Å². The lowest BCUT2D eigenvalue weighted by Crippen LogP contribution is -2.13. The maximum Gasteiger partial charge on any atom is 0.300 e. The molecule has 0 atom stereocenters. The number of hydrogen-bond donors (Lipinski definition) is 0. The van der Waals surface area contributed by atoms with E-state index in [1.165, 1.54) is 18.5 Å². The molecule has 0 unspecified atom stereocenters. The van der Waals surface area contributed by atoms with Crippen LogP contribution in [-0.2, 0) is 14.3 Å². The summed E-state index contributed by atoms with van der Waals surface area (Å²) in [6, 6.07) is 1.40. The number of rotatable bonds is 3. The van der Waals surface area contributed by atoms with E-state index >= 15 is 0 Å². The molecule has 4 nitrogen and oxygen atoms in total. The largest absolute Gasteiger partial charge is 0.300 e. The van der Waals surface area contributed by atoms with E-state index in [2.05, 4.69) is 4.98 Å². The molecule has 0 spiro atoms. The van der Waals surface area contributed by atoms with Crippen molar-refractivity contribution in [3.63, 3.8) is 0 Å². The molecule has 0 aliphatic heterocycles. The molecule has 0 N–H and O–H groups in total. The van der Waals surface area contributed by atoms with Crippen LogP contribution in [-0.4, -0.2) is 19.5 Å². The molecule has 1 rings (SSSR count). The molecule has 0 aliphatic rings. The van der Waals surface area contributed by atoms with E-state index in [1.54, 1.807) is 13.8 Å². The minimum absolute atomic E-state index is 0.102. The molecule has 0 aliphatic carbocycles. The van der Waals surface area contributed by atoms with Gasteiger partial charge in [0.15, 0.2) is 0 Å². The van der Waals surface area contributed by atoms with Gasteiger partial charge in [0.05, 0.1) is 11.1 Å². The fourth-order valence-corrected chi connectivity index (χ4v) is 2.35. The second kappa shape index (κ2) is 4.25. The Kier molecular flexibility index (Phi) is 3.47. The Hall–Kier alpha value is -0.650. The summed E-state index contributed by atoms with van der Waals surface area (Å²) in [5, 5.41) is 0.112. The molecule has 0 amide bonds. The molecule has 0 aromatic carbocycles. The van der Waals surface area contributed by atoms with Gasteiger partial charge in [0.1, 0.15) is 4.90 Å². The highest BCUT2D eigenvalue weighted by Crippen LogP contribution is 2.21. The Morgan fingerprint density at radius 2 is 2.14 bits per heavy atom. The highest BCUT2D eigenvalue weighted by Gasteiger charge is 2.20. The zero-order chi connectivity index (χ0) is 10.8. The molecule has 0 bridgehead atoms. The van der Waals surface area contributed by atoms with Crippen LogP contribution in [0.15, 0.2) is 23.4 Å². The maximum absolute atomic E-state index is 11.5. The Bertz CT molecular complexity index is 416. The molecule has 1 heterocycles. The first-order valence-corrected chi connectivity index (χ1v) is 5.75. The molecule has 1 aromatic rings. The highest BCUT2D eigenvalue weighted by molar-refractivity contribution is 7.86.